The molecule has 0 aromatic carbocycles. The molecule has 1 fully saturated rings. The van der Waals surface area contributed by atoms with E-state index in [9.17, 15) is 18.0 Å². The lowest BCUT2D eigenvalue weighted by molar-refractivity contribution is -0.223. The molecule has 0 spiro atoms. The first-order valence-corrected chi connectivity index (χ1v) is 6.27. The molecule has 0 aliphatic carbocycles. The van der Waals surface area contributed by atoms with Gasteiger partial charge in [-0.3, -0.25) is 4.79 Å². The number of hydrogen-bond acceptors (Lipinski definition) is 2. The van der Waals surface area contributed by atoms with E-state index >= 15 is 0 Å². The summed E-state index contributed by atoms with van der Waals surface area (Å²) < 4.78 is 40.0. The summed E-state index contributed by atoms with van der Waals surface area (Å²) in [5.41, 5.74) is -2.98. The topological polar surface area (TPSA) is 32.3 Å². The second kappa shape index (κ2) is 5.15. The fraction of sp³-hybridized carbons (Fsp3) is 0.769. The molecule has 0 bridgehead atoms. The molecule has 1 aliphatic heterocycles. The zero-order chi connectivity index (χ0) is 14.9. The molecule has 1 amide bonds. The maximum atomic E-state index is 13.3. The summed E-state index contributed by atoms with van der Waals surface area (Å²) in [5, 5.41) is 2.66. The normalized spacial score (nSPS) is 24.3. The highest BCUT2D eigenvalue weighted by Crippen LogP contribution is 2.45. The van der Waals surface area contributed by atoms with Crippen LogP contribution in [0.2, 0.25) is 0 Å². The van der Waals surface area contributed by atoms with Gasteiger partial charge in [0.2, 0.25) is 5.91 Å². The van der Waals surface area contributed by atoms with Gasteiger partial charge in [-0.15, -0.1) is 6.58 Å². The van der Waals surface area contributed by atoms with Crippen LogP contribution in [0.3, 0.4) is 0 Å². The van der Waals surface area contributed by atoms with Crippen LogP contribution in [0.5, 0.6) is 0 Å². The largest absolute Gasteiger partial charge is 0.404 e. The molecule has 1 atom stereocenters. The molecule has 19 heavy (non-hydrogen) atoms. The van der Waals surface area contributed by atoms with Gasteiger partial charge in [0.1, 0.15) is 0 Å². The molecule has 1 saturated heterocycles. The number of hydrogen-bond donors (Lipinski definition) is 1. The van der Waals surface area contributed by atoms with E-state index in [-0.39, 0.29) is 26.1 Å². The number of rotatable bonds is 3. The minimum Gasteiger partial charge on any atom is -0.333 e. The predicted molar refractivity (Wildman–Crippen MR) is 67.6 cm³/mol. The van der Waals surface area contributed by atoms with Crippen molar-refractivity contribution in [2.24, 2.45) is 5.41 Å². The standard InChI is InChI=1S/C13H21F3N2O/c1-5-8-18(11(2,3)4)10(19)12(13(14,15)16)6-7-17-9-12/h5,17H,1,6-9H2,2-4H3. The molecule has 0 saturated carbocycles. The van der Waals surface area contributed by atoms with Gasteiger partial charge in [0, 0.05) is 18.6 Å². The third-order valence-electron chi connectivity index (χ3n) is 3.47. The Balaban J connectivity index is 3.15. The Labute approximate surface area is 111 Å². The fourth-order valence-electron chi connectivity index (χ4n) is 2.29. The Bertz CT molecular complexity index is 352. The first-order chi connectivity index (χ1) is 8.56. The van der Waals surface area contributed by atoms with Crippen molar-refractivity contribution >= 4 is 5.91 Å². The van der Waals surface area contributed by atoms with Crippen molar-refractivity contribution in [3.05, 3.63) is 12.7 Å². The van der Waals surface area contributed by atoms with Gasteiger partial charge in [0.25, 0.3) is 0 Å². The lowest BCUT2D eigenvalue weighted by Crippen LogP contribution is -2.58. The van der Waals surface area contributed by atoms with Crippen LogP contribution >= 0.6 is 0 Å². The first kappa shape index (κ1) is 16.0. The van der Waals surface area contributed by atoms with Crippen molar-refractivity contribution < 1.29 is 18.0 Å². The van der Waals surface area contributed by atoms with E-state index in [0.717, 1.165) is 0 Å². The summed E-state index contributed by atoms with van der Waals surface area (Å²) in [7, 11) is 0. The monoisotopic (exact) mass is 278 g/mol. The molecule has 0 aromatic rings. The lowest BCUT2D eigenvalue weighted by atomic mass is 9.83. The smallest absolute Gasteiger partial charge is 0.333 e. The van der Waals surface area contributed by atoms with Crippen LogP contribution in [0.1, 0.15) is 27.2 Å². The van der Waals surface area contributed by atoms with Crippen molar-refractivity contribution in [1.82, 2.24) is 10.2 Å². The molecular weight excluding hydrogens is 257 g/mol. The SMILES string of the molecule is C=CCN(C(=O)C1(C(F)(F)F)CCNC1)C(C)(C)C. The van der Waals surface area contributed by atoms with Crippen LogP contribution in [-0.4, -0.2) is 42.2 Å². The Morgan fingerprint density at radius 3 is 2.32 bits per heavy atom. The Hall–Kier alpha value is -1.04. The molecule has 1 heterocycles. The molecule has 0 aromatic heterocycles. The highest BCUT2D eigenvalue weighted by molar-refractivity contribution is 5.85. The van der Waals surface area contributed by atoms with E-state index < -0.39 is 23.0 Å². The summed E-state index contributed by atoms with van der Waals surface area (Å²) >= 11 is 0. The van der Waals surface area contributed by atoms with Gasteiger partial charge in [-0.25, -0.2) is 0 Å². The number of carbonyl (C=O) groups is 1. The number of amides is 1. The molecule has 3 nitrogen and oxygen atoms in total. The average molecular weight is 278 g/mol. The quantitative estimate of drug-likeness (QED) is 0.804. The Morgan fingerprint density at radius 2 is 2.00 bits per heavy atom. The fourth-order valence-corrected chi connectivity index (χ4v) is 2.29. The summed E-state index contributed by atoms with van der Waals surface area (Å²) in [4.78, 5) is 13.7. The van der Waals surface area contributed by atoms with Crippen molar-refractivity contribution in [3.63, 3.8) is 0 Å². The minimum atomic E-state index is -4.54. The van der Waals surface area contributed by atoms with E-state index in [0.29, 0.717) is 0 Å². The van der Waals surface area contributed by atoms with Gasteiger partial charge >= 0.3 is 6.18 Å². The zero-order valence-corrected chi connectivity index (χ0v) is 11.6. The number of halogens is 3. The highest BCUT2D eigenvalue weighted by atomic mass is 19.4. The Morgan fingerprint density at radius 1 is 1.42 bits per heavy atom. The van der Waals surface area contributed by atoms with Crippen LogP contribution in [-0.2, 0) is 4.79 Å². The van der Waals surface area contributed by atoms with Gasteiger partial charge < -0.3 is 10.2 Å². The van der Waals surface area contributed by atoms with Gasteiger partial charge in [-0.05, 0) is 33.7 Å². The predicted octanol–water partition coefficient (Wildman–Crippen LogP) is 2.34. The van der Waals surface area contributed by atoms with Crippen molar-refractivity contribution in [3.8, 4) is 0 Å². The average Bonchev–Trinajstić information content (AvgIpc) is 2.72. The maximum absolute atomic E-state index is 13.3. The van der Waals surface area contributed by atoms with E-state index in [4.69, 9.17) is 0 Å². The second-order valence-corrected chi connectivity index (χ2v) is 5.88. The summed E-state index contributed by atoms with van der Waals surface area (Å²) in [6.07, 6.45) is -3.30. The number of carbonyl (C=O) groups excluding carboxylic acids is 1. The third-order valence-corrected chi connectivity index (χ3v) is 3.47. The second-order valence-electron chi connectivity index (χ2n) is 5.88. The van der Waals surface area contributed by atoms with E-state index in [2.05, 4.69) is 11.9 Å². The van der Waals surface area contributed by atoms with Gasteiger partial charge in [0.05, 0.1) is 0 Å². The summed E-state index contributed by atoms with van der Waals surface area (Å²) in [6, 6.07) is 0. The van der Waals surface area contributed by atoms with Crippen molar-refractivity contribution in [2.45, 2.75) is 38.9 Å². The van der Waals surface area contributed by atoms with Crippen molar-refractivity contribution in [1.29, 1.82) is 0 Å². The zero-order valence-electron chi connectivity index (χ0n) is 11.6. The number of nitrogens with one attached hydrogen (secondary N) is 1. The third kappa shape index (κ3) is 2.94. The van der Waals surface area contributed by atoms with Crippen LogP contribution in [0.25, 0.3) is 0 Å². The molecule has 0 radical (unpaired) electrons. The molecule has 1 aliphatic rings. The Kier molecular flexibility index (Phi) is 4.34. The van der Waals surface area contributed by atoms with E-state index in [1.54, 1.807) is 20.8 Å². The molecule has 1 unspecified atom stereocenters. The lowest BCUT2D eigenvalue weighted by Gasteiger charge is -2.41. The van der Waals surface area contributed by atoms with Gasteiger partial charge in [-0.2, -0.15) is 13.2 Å². The number of alkyl halides is 3. The van der Waals surface area contributed by atoms with E-state index in [1.807, 2.05) is 0 Å². The summed E-state index contributed by atoms with van der Waals surface area (Å²) in [5.74, 6) is -0.864. The van der Waals surface area contributed by atoms with E-state index in [1.165, 1.54) is 11.0 Å². The minimum absolute atomic E-state index is 0.111. The van der Waals surface area contributed by atoms with Gasteiger partial charge in [0.15, 0.2) is 5.41 Å². The molecule has 6 heteroatoms. The highest BCUT2D eigenvalue weighted by Gasteiger charge is 2.63. The maximum Gasteiger partial charge on any atom is 0.404 e. The molecule has 1 N–H and O–H groups in total. The molecule has 110 valence electrons. The van der Waals surface area contributed by atoms with Gasteiger partial charge in [-0.1, -0.05) is 6.08 Å². The van der Waals surface area contributed by atoms with Crippen molar-refractivity contribution in [2.75, 3.05) is 19.6 Å². The van der Waals surface area contributed by atoms with Crippen LogP contribution < -0.4 is 5.32 Å². The van der Waals surface area contributed by atoms with Crippen LogP contribution in [0.4, 0.5) is 13.2 Å². The number of nitrogens with zero attached hydrogens (tertiary/aromatic N) is 1. The molecular formula is C13H21F3N2O. The van der Waals surface area contributed by atoms with Crippen LogP contribution in [0.15, 0.2) is 12.7 Å². The first-order valence-electron chi connectivity index (χ1n) is 6.27. The summed E-state index contributed by atoms with van der Waals surface area (Å²) in [6.45, 7) is 8.66. The van der Waals surface area contributed by atoms with Crippen LogP contribution in [0, 0.1) is 5.41 Å². The molecule has 1 rings (SSSR count).